The summed E-state index contributed by atoms with van der Waals surface area (Å²) in [7, 11) is 0. The molecule has 202 valence electrons. The van der Waals surface area contributed by atoms with Crippen molar-refractivity contribution in [2.24, 2.45) is 0 Å². The second-order valence-corrected chi connectivity index (χ2v) is 8.49. The van der Waals surface area contributed by atoms with E-state index < -0.39 is 35.6 Å². The molecule has 12 nitrogen and oxygen atoms in total. The molecule has 2 heterocycles. The minimum atomic E-state index is -1.08. The average molecular weight is 540 g/mol. The van der Waals surface area contributed by atoms with Crippen molar-refractivity contribution in [1.29, 1.82) is 0 Å². The number of rotatable bonds is 16. The normalized spacial score (nSPS) is 17.2. The number of imide groups is 2. The Bertz CT molecular complexity index is 1000. The molecule has 2 aliphatic rings. The third-order valence-corrected chi connectivity index (χ3v) is 5.71. The lowest BCUT2D eigenvalue weighted by Crippen LogP contribution is -2.54. The summed E-state index contributed by atoms with van der Waals surface area (Å²) in [6.07, 6.45) is 0.0983. The summed E-state index contributed by atoms with van der Waals surface area (Å²) in [5, 5.41) is 4.79. The molecule has 1 saturated heterocycles. The van der Waals surface area contributed by atoms with Crippen LogP contribution in [0.4, 0.5) is 5.69 Å². The predicted molar refractivity (Wildman–Crippen MR) is 130 cm³/mol. The first kappa shape index (κ1) is 28.7. The molecule has 37 heavy (non-hydrogen) atoms. The molecule has 0 spiro atoms. The number of carbonyl (C=O) groups is 5. The van der Waals surface area contributed by atoms with Gasteiger partial charge in [0.15, 0.2) is 0 Å². The molecule has 0 aliphatic carbocycles. The number of amides is 5. The summed E-state index contributed by atoms with van der Waals surface area (Å²) in [6.45, 7) is 3.03. The van der Waals surface area contributed by atoms with E-state index in [1.54, 1.807) is 0 Å². The summed E-state index contributed by atoms with van der Waals surface area (Å²) in [4.78, 5) is 62.8. The second-order valence-electron chi connectivity index (χ2n) is 8.11. The molecule has 1 unspecified atom stereocenters. The summed E-state index contributed by atoms with van der Waals surface area (Å²) in [6, 6.07) is 3.43. The fourth-order valence-electron chi connectivity index (χ4n) is 3.81. The van der Waals surface area contributed by atoms with Gasteiger partial charge in [-0.2, -0.15) is 0 Å². The molecule has 0 saturated carbocycles. The van der Waals surface area contributed by atoms with E-state index in [-0.39, 0.29) is 42.7 Å². The number of anilines is 1. The number of piperidine rings is 1. The van der Waals surface area contributed by atoms with Gasteiger partial charge in [0.25, 0.3) is 11.8 Å². The van der Waals surface area contributed by atoms with E-state index in [0.29, 0.717) is 52.1 Å². The molecule has 2 N–H and O–H groups in total. The summed E-state index contributed by atoms with van der Waals surface area (Å²) in [5.74, 6) is -2.43. The van der Waals surface area contributed by atoms with Gasteiger partial charge < -0.3 is 24.3 Å². The number of fused-ring (bicyclic) bond motifs is 1. The number of nitrogens with zero attached hydrogens (tertiary/aromatic N) is 1. The standard InChI is InChI=1S/C24H30ClN3O9/c25-7-9-35-11-13-37-15-14-36-12-10-34-8-6-20(30)26-17-3-1-2-16-21(17)24(33)28(23(16)32)18-4-5-19(29)27-22(18)31/h1-3,18H,4-15H2,(H,26,30)(H,27,29,31). The maximum Gasteiger partial charge on any atom is 0.264 e. The Labute approximate surface area is 218 Å². The van der Waals surface area contributed by atoms with Crippen molar-refractivity contribution in [2.75, 3.05) is 64.1 Å². The van der Waals surface area contributed by atoms with Crippen molar-refractivity contribution >= 4 is 46.8 Å². The molecule has 2 aliphatic heterocycles. The van der Waals surface area contributed by atoms with Gasteiger partial charge in [-0.05, 0) is 18.6 Å². The lowest BCUT2D eigenvalue weighted by Gasteiger charge is -2.27. The van der Waals surface area contributed by atoms with Crippen LogP contribution < -0.4 is 10.6 Å². The molecule has 1 aromatic rings. The van der Waals surface area contributed by atoms with Crippen LogP contribution in [0.1, 0.15) is 40.0 Å². The molecule has 5 amide bonds. The fraction of sp³-hybridized carbons (Fsp3) is 0.542. The van der Waals surface area contributed by atoms with Gasteiger partial charge in [0.05, 0.1) is 76.1 Å². The van der Waals surface area contributed by atoms with Crippen molar-refractivity contribution in [3.63, 3.8) is 0 Å². The number of halogens is 1. The molecule has 0 radical (unpaired) electrons. The van der Waals surface area contributed by atoms with Crippen LogP contribution in [0.2, 0.25) is 0 Å². The highest BCUT2D eigenvalue weighted by Crippen LogP contribution is 2.32. The van der Waals surface area contributed by atoms with Crippen LogP contribution in [0, 0.1) is 0 Å². The van der Waals surface area contributed by atoms with Gasteiger partial charge in [-0.3, -0.25) is 34.2 Å². The van der Waals surface area contributed by atoms with Crippen molar-refractivity contribution < 1.29 is 42.9 Å². The lowest BCUT2D eigenvalue weighted by atomic mass is 10.0. The maximum absolute atomic E-state index is 13.1. The second kappa shape index (κ2) is 14.7. The quantitative estimate of drug-likeness (QED) is 0.176. The minimum Gasteiger partial charge on any atom is -0.379 e. The van der Waals surface area contributed by atoms with Crippen LogP contribution in [0.15, 0.2) is 18.2 Å². The molecule has 3 rings (SSSR count). The number of nitrogens with one attached hydrogen (secondary N) is 2. The molecule has 1 atom stereocenters. The zero-order valence-corrected chi connectivity index (χ0v) is 21.1. The predicted octanol–water partition coefficient (Wildman–Crippen LogP) is 0.722. The lowest BCUT2D eigenvalue weighted by molar-refractivity contribution is -0.136. The Morgan fingerprint density at radius 2 is 1.54 bits per heavy atom. The molecular weight excluding hydrogens is 510 g/mol. The molecule has 1 aromatic carbocycles. The number of hydrogen-bond acceptors (Lipinski definition) is 9. The van der Waals surface area contributed by atoms with Crippen molar-refractivity contribution in [3.05, 3.63) is 29.3 Å². The first-order valence-electron chi connectivity index (χ1n) is 12.0. The smallest absolute Gasteiger partial charge is 0.264 e. The van der Waals surface area contributed by atoms with Gasteiger partial charge in [-0.15, -0.1) is 11.6 Å². The maximum atomic E-state index is 13.1. The van der Waals surface area contributed by atoms with Crippen LogP contribution in [0.25, 0.3) is 0 Å². The Kier molecular flexibility index (Phi) is 11.4. The van der Waals surface area contributed by atoms with Crippen LogP contribution >= 0.6 is 11.6 Å². The largest absolute Gasteiger partial charge is 0.379 e. The van der Waals surface area contributed by atoms with Gasteiger partial charge in [-0.1, -0.05) is 6.07 Å². The van der Waals surface area contributed by atoms with Gasteiger partial charge >= 0.3 is 0 Å². The summed E-state index contributed by atoms with van der Waals surface area (Å²) in [5.41, 5.74) is 0.285. The zero-order valence-electron chi connectivity index (χ0n) is 20.3. The van der Waals surface area contributed by atoms with Crippen LogP contribution in [-0.4, -0.2) is 99.2 Å². The Morgan fingerprint density at radius 1 is 0.919 bits per heavy atom. The Morgan fingerprint density at radius 3 is 2.16 bits per heavy atom. The summed E-state index contributed by atoms with van der Waals surface area (Å²) >= 11 is 5.49. The van der Waals surface area contributed by atoms with Crippen LogP contribution in [0.5, 0.6) is 0 Å². The van der Waals surface area contributed by atoms with Gasteiger partial charge in [0, 0.05) is 12.3 Å². The third kappa shape index (κ3) is 8.04. The van der Waals surface area contributed by atoms with E-state index in [2.05, 4.69) is 10.6 Å². The van der Waals surface area contributed by atoms with E-state index in [1.807, 2.05) is 0 Å². The highest BCUT2D eigenvalue weighted by Gasteiger charge is 2.45. The van der Waals surface area contributed by atoms with Crippen molar-refractivity contribution in [1.82, 2.24) is 10.2 Å². The third-order valence-electron chi connectivity index (χ3n) is 5.55. The molecule has 0 bridgehead atoms. The van der Waals surface area contributed by atoms with E-state index >= 15 is 0 Å². The Balaban J connectivity index is 1.37. The van der Waals surface area contributed by atoms with Gasteiger partial charge in [0.1, 0.15) is 6.04 Å². The van der Waals surface area contributed by atoms with Crippen molar-refractivity contribution in [2.45, 2.75) is 25.3 Å². The number of benzene rings is 1. The summed E-state index contributed by atoms with van der Waals surface area (Å²) < 4.78 is 21.3. The number of carbonyl (C=O) groups excluding carboxylic acids is 5. The van der Waals surface area contributed by atoms with E-state index in [9.17, 15) is 24.0 Å². The number of ether oxygens (including phenoxy) is 4. The van der Waals surface area contributed by atoms with Crippen LogP contribution in [0.3, 0.4) is 0 Å². The highest BCUT2D eigenvalue weighted by atomic mass is 35.5. The first-order valence-corrected chi connectivity index (χ1v) is 12.5. The van der Waals surface area contributed by atoms with Crippen molar-refractivity contribution in [3.8, 4) is 0 Å². The fourth-order valence-corrected chi connectivity index (χ4v) is 3.92. The minimum absolute atomic E-state index is 0.0210. The number of hydrogen-bond donors (Lipinski definition) is 2. The molecule has 0 aromatic heterocycles. The van der Waals surface area contributed by atoms with E-state index in [1.165, 1.54) is 18.2 Å². The first-order chi connectivity index (χ1) is 17.9. The van der Waals surface area contributed by atoms with Gasteiger partial charge in [0.2, 0.25) is 17.7 Å². The van der Waals surface area contributed by atoms with Crippen LogP contribution in [-0.2, 0) is 33.3 Å². The zero-order chi connectivity index (χ0) is 26.6. The molecular formula is C24H30ClN3O9. The Hall–Kier alpha value is -2.90. The number of alkyl halides is 1. The topological polar surface area (TPSA) is 150 Å². The van der Waals surface area contributed by atoms with E-state index in [0.717, 1.165) is 4.90 Å². The van der Waals surface area contributed by atoms with E-state index in [4.69, 9.17) is 30.5 Å². The molecule has 13 heteroatoms. The monoisotopic (exact) mass is 539 g/mol. The average Bonchev–Trinajstić information content (AvgIpc) is 3.12. The van der Waals surface area contributed by atoms with Gasteiger partial charge in [-0.25, -0.2) is 0 Å². The highest BCUT2D eigenvalue weighted by molar-refractivity contribution is 6.26. The SMILES string of the molecule is O=C1CCC(N2C(=O)c3cccc(NC(=O)CCOCCOCCOCCOCCCl)c3C2=O)C(=O)N1. The molecule has 1 fully saturated rings.